The summed E-state index contributed by atoms with van der Waals surface area (Å²) in [7, 11) is 2.13. The van der Waals surface area contributed by atoms with Gasteiger partial charge in [0.15, 0.2) is 12.4 Å². The lowest BCUT2D eigenvalue weighted by Crippen LogP contribution is -2.38. The van der Waals surface area contributed by atoms with Crippen LogP contribution in [0.1, 0.15) is 73.4 Å². The van der Waals surface area contributed by atoms with E-state index in [1.54, 1.807) is 6.92 Å². The molecule has 0 radical (unpaired) electrons. The predicted octanol–water partition coefficient (Wildman–Crippen LogP) is 6.14. The van der Waals surface area contributed by atoms with Gasteiger partial charge in [0.25, 0.3) is 5.91 Å². The van der Waals surface area contributed by atoms with Crippen molar-refractivity contribution in [2.75, 3.05) is 13.6 Å². The second-order valence-corrected chi connectivity index (χ2v) is 11.8. The second kappa shape index (κ2) is 14.8. The van der Waals surface area contributed by atoms with E-state index in [-0.39, 0.29) is 30.8 Å². The molecular formula is C37H42N2O6. The number of carbonyl (C=O) groups is 2. The topological polar surface area (TPSA) is 97.3 Å². The summed E-state index contributed by atoms with van der Waals surface area (Å²) in [6.07, 6.45) is -1.03. The Bertz CT molecular complexity index is 1590. The molecule has 1 aliphatic heterocycles. The molecule has 236 valence electrons. The van der Waals surface area contributed by atoms with Crippen LogP contribution < -0.4 is 5.32 Å². The van der Waals surface area contributed by atoms with Gasteiger partial charge in [0.2, 0.25) is 0 Å². The van der Waals surface area contributed by atoms with E-state index in [0.717, 1.165) is 22.3 Å². The minimum Gasteiger partial charge on any atom is -0.453 e. The summed E-state index contributed by atoms with van der Waals surface area (Å²) in [5, 5.41) is 14.8. The molecule has 0 unspecified atom stereocenters. The number of hydrogen-bond donors (Lipinski definition) is 2. The number of esters is 1. The average Bonchev–Trinajstić information content (AvgIpc) is 3.06. The zero-order valence-corrected chi connectivity index (χ0v) is 26.3. The van der Waals surface area contributed by atoms with Crippen LogP contribution in [0.2, 0.25) is 0 Å². The molecule has 1 amide bonds. The number of aliphatic hydroxyl groups is 1. The number of fused-ring (bicyclic) bond motifs is 1. The Morgan fingerprint density at radius 2 is 1.58 bits per heavy atom. The van der Waals surface area contributed by atoms with Gasteiger partial charge in [0, 0.05) is 38.0 Å². The molecule has 4 aromatic carbocycles. The summed E-state index contributed by atoms with van der Waals surface area (Å²) in [5.74, 6) is -0.849. The largest absolute Gasteiger partial charge is 0.453 e. The molecule has 0 bridgehead atoms. The van der Waals surface area contributed by atoms with Crippen molar-refractivity contribution in [3.05, 3.63) is 119 Å². The number of benzene rings is 4. The third-order valence-corrected chi connectivity index (χ3v) is 8.45. The van der Waals surface area contributed by atoms with Crippen molar-refractivity contribution in [1.82, 2.24) is 10.2 Å². The minimum absolute atomic E-state index is 0.00686. The molecule has 1 fully saturated rings. The zero-order valence-electron chi connectivity index (χ0n) is 26.3. The molecule has 4 aromatic rings. The van der Waals surface area contributed by atoms with Crippen LogP contribution in [0.3, 0.4) is 0 Å². The van der Waals surface area contributed by atoms with E-state index < -0.39 is 18.4 Å². The van der Waals surface area contributed by atoms with E-state index >= 15 is 0 Å². The number of ether oxygens (including phenoxy) is 3. The summed E-state index contributed by atoms with van der Waals surface area (Å²) in [4.78, 5) is 25.7. The third kappa shape index (κ3) is 8.35. The highest BCUT2D eigenvalue weighted by Crippen LogP contribution is 2.38. The van der Waals surface area contributed by atoms with Crippen LogP contribution in [0.5, 0.6) is 0 Å². The fraction of sp³-hybridized carbons (Fsp3) is 0.351. The number of likely N-dealkylation sites (N-methyl/N-ethyl adjacent to an activating group) is 1. The second-order valence-electron chi connectivity index (χ2n) is 11.8. The highest BCUT2D eigenvalue weighted by Gasteiger charge is 2.33. The highest BCUT2D eigenvalue weighted by atomic mass is 16.7. The molecule has 1 heterocycles. The molecule has 5 atom stereocenters. The molecule has 45 heavy (non-hydrogen) atoms. The van der Waals surface area contributed by atoms with Crippen LogP contribution in [0, 0.1) is 0 Å². The lowest BCUT2D eigenvalue weighted by Gasteiger charge is -2.39. The normalized spacial score (nSPS) is 19.6. The third-order valence-electron chi connectivity index (χ3n) is 8.45. The summed E-state index contributed by atoms with van der Waals surface area (Å²) in [5.41, 5.74) is 4.92. The van der Waals surface area contributed by atoms with E-state index in [2.05, 4.69) is 66.7 Å². The Hall–Kier alpha value is -4.08. The molecule has 1 saturated heterocycles. The van der Waals surface area contributed by atoms with Crippen LogP contribution >= 0.6 is 0 Å². The van der Waals surface area contributed by atoms with Crippen molar-refractivity contribution in [3.63, 3.8) is 0 Å². The van der Waals surface area contributed by atoms with Crippen molar-refractivity contribution >= 4 is 22.6 Å². The number of rotatable bonds is 11. The van der Waals surface area contributed by atoms with E-state index in [9.17, 15) is 14.7 Å². The molecule has 5 rings (SSSR count). The first-order valence-electron chi connectivity index (χ1n) is 15.4. The molecule has 0 aromatic heterocycles. The van der Waals surface area contributed by atoms with Crippen LogP contribution in [-0.2, 0) is 37.0 Å². The maximum absolute atomic E-state index is 12.3. The predicted molar refractivity (Wildman–Crippen MR) is 173 cm³/mol. The summed E-state index contributed by atoms with van der Waals surface area (Å²) in [6, 6.07) is 30.9. The van der Waals surface area contributed by atoms with Crippen LogP contribution in [0.25, 0.3) is 10.8 Å². The van der Waals surface area contributed by atoms with Gasteiger partial charge in [0.1, 0.15) is 0 Å². The smallest absolute Gasteiger partial charge is 0.303 e. The van der Waals surface area contributed by atoms with Crippen molar-refractivity contribution < 1.29 is 28.9 Å². The Labute approximate surface area is 264 Å². The monoisotopic (exact) mass is 610 g/mol. The van der Waals surface area contributed by atoms with Crippen molar-refractivity contribution in [3.8, 4) is 0 Å². The van der Waals surface area contributed by atoms with Gasteiger partial charge in [-0.1, -0.05) is 84.9 Å². The van der Waals surface area contributed by atoms with Crippen molar-refractivity contribution in [2.45, 2.75) is 71.0 Å². The Morgan fingerprint density at radius 1 is 0.911 bits per heavy atom. The number of nitrogens with zero attached hydrogens (tertiary/aromatic N) is 1. The number of carbonyl (C=O) groups excluding carboxylic acids is 2. The van der Waals surface area contributed by atoms with Gasteiger partial charge >= 0.3 is 5.97 Å². The molecule has 8 nitrogen and oxygen atoms in total. The van der Waals surface area contributed by atoms with Gasteiger partial charge < -0.3 is 24.6 Å². The molecular weight excluding hydrogens is 568 g/mol. The molecule has 2 N–H and O–H groups in total. The standard InChI is InChI=1S/C37H42N2O6/c1-24(32-18-17-29-7-5-6-8-33(29)19-32)39(4)22-34-20-35(30-13-11-28(23-40)12-14-30)45-37(44-34)31-15-9-27(10-16-31)21-38-36(42)25(2)43-26(3)41/h5-19,24-25,34-35,37,40H,20-23H2,1-4H3,(H,38,42)/t24-,25+,34+,35-,37-/m1/s1. The van der Waals surface area contributed by atoms with Crippen LogP contribution in [0.15, 0.2) is 91.0 Å². The van der Waals surface area contributed by atoms with E-state index in [1.807, 2.05) is 48.5 Å². The zero-order chi connectivity index (χ0) is 31.9. The highest BCUT2D eigenvalue weighted by molar-refractivity contribution is 5.83. The van der Waals surface area contributed by atoms with Gasteiger partial charge in [-0.3, -0.25) is 14.5 Å². The molecule has 8 heteroatoms. The average molecular weight is 611 g/mol. The van der Waals surface area contributed by atoms with Crippen LogP contribution in [-0.4, -0.2) is 47.7 Å². The number of amides is 1. The first kappa shape index (κ1) is 32.3. The Kier molecular flexibility index (Phi) is 10.6. The van der Waals surface area contributed by atoms with Crippen molar-refractivity contribution in [1.29, 1.82) is 0 Å². The van der Waals surface area contributed by atoms with Gasteiger partial charge in [-0.25, -0.2) is 0 Å². The van der Waals surface area contributed by atoms with E-state index in [0.29, 0.717) is 19.5 Å². The van der Waals surface area contributed by atoms with Crippen LogP contribution in [0.4, 0.5) is 0 Å². The van der Waals surface area contributed by atoms with Gasteiger partial charge in [-0.2, -0.15) is 0 Å². The molecule has 0 saturated carbocycles. The first-order valence-corrected chi connectivity index (χ1v) is 15.4. The maximum atomic E-state index is 12.3. The fourth-order valence-electron chi connectivity index (χ4n) is 5.66. The van der Waals surface area contributed by atoms with E-state index in [1.165, 1.54) is 23.3 Å². The fourth-order valence-corrected chi connectivity index (χ4v) is 5.66. The SMILES string of the molecule is CC(=O)O[C@@H](C)C(=O)NCc1ccc([C@@H]2O[C@H](CN(C)[C@H](C)c3ccc4ccccc4c3)C[C@H](c3ccc(CO)cc3)O2)cc1. The molecule has 0 spiro atoms. The quantitative estimate of drug-likeness (QED) is 0.197. The summed E-state index contributed by atoms with van der Waals surface area (Å²) < 4.78 is 18.1. The molecule has 1 aliphatic rings. The van der Waals surface area contributed by atoms with E-state index in [4.69, 9.17) is 14.2 Å². The van der Waals surface area contributed by atoms with Crippen molar-refractivity contribution in [2.24, 2.45) is 0 Å². The summed E-state index contributed by atoms with van der Waals surface area (Å²) >= 11 is 0. The maximum Gasteiger partial charge on any atom is 0.303 e. The summed E-state index contributed by atoms with van der Waals surface area (Å²) in [6.45, 7) is 6.05. The molecule has 0 aliphatic carbocycles. The number of nitrogens with one attached hydrogen (secondary N) is 1. The first-order chi connectivity index (χ1) is 21.7. The lowest BCUT2D eigenvalue weighted by molar-refractivity contribution is -0.253. The number of aliphatic hydroxyl groups excluding tert-OH is 1. The van der Waals surface area contributed by atoms with Gasteiger partial charge in [-0.15, -0.1) is 0 Å². The van der Waals surface area contributed by atoms with Gasteiger partial charge in [-0.05, 0) is 60.0 Å². The Balaban J connectivity index is 1.29. The number of hydrogen-bond acceptors (Lipinski definition) is 7. The minimum atomic E-state index is -0.854. The van der Waals surface area contributed by atoms with Gasteiger partial charge in [0.05, 0.1) is 18.8 Å². The Morgan fingerprint density at radius 3 is 2.27 bits per heavy atom. The lowest BCUT2D eigenvalue weighted by atomic mass is 9.98.